The third-order valence-corrected chi connectivity index (χ3v) is 9.76. The number of amides is 4. The number of hydrogen-bond acceptors (Lipinski definition) is 8. The molecule has 0 unspecified atom stereocenters. The van der Waals surface area contributed by atoms with Crippen molar-refractivity contribution in [2.24, 2.45) is 0 Å². The molecule has 220 valence electrons. The molecular weight excluding hydrogens is 561 g/mol. The molecule has 4 amide bonds. The summed E-state index contributed by atoms with van der Waals surface area (Å²) >= 11 is 6.67. The number of carbonyl (C=O) groups is 4. The molecule has 1 heterocycles. The maximum atomic E-state index is 11.9. The van der Waals surface area contributed by atoms with Crippen LogP contribution in [0.5, 0.6) is 0 Å². The van der Waals surface area contributed by atoms with Crippen molar-refractivity contribution in [3.8, 4) is 0 Å². The SMILES string of the molecule is O=C1CSCCCCCCSCC(=O)NCCCNC(=O)CSCCCCCCSCC(=O)NCCCN1. The van der Waals surface area contributed by atoms with E-state index in [1.165, 1.54) is 0 Å². The van der Waals surface area contributed by atoms with E-state index in [2.05, 4.69) is 21.3 Å². The highest BCUT2D eigenvalue weighted by molar-refractivity contribution is 8.00. The second kappa shape index (κ2) is 26.5. The summed E-state index contributed by atoms with van der Waals surface area (Å²) in [7, 11) is 0. The molecular formula is C26H48N4O4S4. The van der Waals surface area contributed by atoms with E-state index in [1.54, 1.807) is 47.0 Å². The van der Waals surface area contributed by atoms with Gasteiger partial charge in [0.15, 0.2) is 0 Å². The van der Waals surface area contributed by atoms with E-state index in [0.29, 0.717) is 49.2 Å². The summed E-state index contributed by atoms with van der Waals surface area (Å²) < 4.78 is 0. The molecule has 0 aliphatic carbocycles. The average Bonchev–Trinajstić information content (AvgIpc) is 2.89. The van der Waals surface area contributed by atoms with Crippen LogP contribution < -0.4 is 21.3 Å². The molecule has 4 N–H and O–H groups in total. The monoisotopic (exact) mass is 608 g/mol. The molecule has 1 aliphatic rings. The maximum Gasteiger partial charge on any atom is 0.229 e. The first kappa shape index (κ1) is 35.3. The van der Waals surface area contributed by atoms with E-state index < -0.39 is 0 Å². The first-order valence-electron chi connectivity index (χ1n) is 14.0. The molecule has 12 heteroatoms. The molecule has 0 atom stereocenters. The molecule has 0 radical (unpaired) electrons. The van der Waals surface area contributed by atoms with Crippen molar-refractivity contribution in [3.63, 3.8) is 0 Å². The Labute approximate surface area is 246 Å². The summed E-state index contributed by atoms with van der Waals surface area (Å²) in [4.78, 5) is 47.7. The van der Waals surface area contributed by atoms with Crippen LogP contribution in [0.15, 0.2) is 0 Å². The first-order chi connectivity index (χ1) is 18.6. The lowest BCUT2D eigenvalue weighted by Crippen LogP contribution is -2.31. The Morgan fingerprint density at radius 1 is 0.342 bits per heavy atom. The number of nitrogens with one attached hydrogen (secondary N) is 4. The summed E-state index contributed by atoms with van der Waals surface area (Å²) in [6, 6.07) is 0. The van der Waals surface area contributed by atoms with E-state index >= 15 is 0 Å². The third kappa shape index (κ3) is 24.3. The van der Waals surface area contributed by atoms with Gasteiger partial charge in [0.1, 0.15) is 0 Å². The molecule has 0 bridgehead atoms. The van der Waals surface area contributed by atoms with E-state index in [9.17, 15) is 19.2 Å². The minimum atomic E-state index is 0.0621. The fourth-order valence-corrected chi connectivity index (χ4v) is 6.84. The van der Waals surface area contributed by atoms with Gasteiger partial charge in [0.2, 0.25) is 23.6 Å². The van der Waals surface area contributed by atoms with Crippen LogP contribution in [0.3, 0.4) is 0 Å². The van der Waals surface area contributed by atoms with E-state index in [4.69, 9.17) is 0 Å². The number of carbonyl (C=O) groups excluding carboxylic acids is 4. The highest BCUT2D eigenvalue weighted by atomic mass is 32.2. The summed E-state index contributed by atoms with van der Waals surface area (Å²) in [6.07, 6.45) is 10.5. The Kier molecular flexibility index (Phi) is 24.6. The minimum absolute atomic E-state index is 0.0621. The Balaban J connectivity index is 2.22. The van der Waals surface area contributed by atoms with Gasteiger partial charge in [-0.15, -0.1) is 0 Å². The second-order valence-corrected chi connectivity index (χ2v) is 13.6. The van der Waals surface area contributed by atoms with Crippen LogP contribution >= 0.6 is 47.0 Å². The minimum Gasteiger partial charge on any atom is -0.355 e. The van der Waals surface area contributed by atoms with Gasteiger partial charge in [-0.2, -0.15) is 47.0 Å². The van der Waals surface area contributed by atoms with Gasteiger partial charge in [-0.3, -0.25) is 19.2 Å². The fourth-order valence-electron chi connectivity index (χ4n) is 3.48. The van der Waals surface area contributed by atoms with Crippen LogP contribution in [0.1, 0.15) is 64.2 Å². The quantitative estimate of drug-likeness (QED) is 0.331. The van der Waals surface area contributed by atoms with Gasteiger partial charge in [0.25, 0.3) is 0 Å². The molecule has 1 saturated heterocycles. The van der Waals surface area contributed by atoms with Crippen molar-refractivity contribution in [1.29, 1.82) is 0 Å². The standard InChI is InChI=1S/C26H48N4O4S4/c31-23-19-35-15-5-1-2-6-16-36-20-24(32)28-12-10-14-30-26(34)22-38-18-8-4-3-7-17-37-21-25(33)29-13-9-11-27-23/h1-22H2,(H,27,31)(H,28,32)(H,29,33)(H,30,34). The zero-order valence-corrected chi connectivity index (χ0v) is 26.1. The smallest absolute Gasteiger partial charge is 0.229 e. The van der Waals surface area contributed by atoms with Gasteiger partial charge in [0.05, 0.1) is 23.0 Å². The van der Waals surface area contributed by atoms with Crippen LogP contribution in [0.25, 0.3) is 0 Å². The lowest BCUT2D eigenvalue weighted by molar-refractivity contribution is -0.119. The van der Waals surface area contributed by atoms with E-state index in [1.807, 2.05) is 0 Å². The van der Waals surface area contributed by atoms with Gasteiger partial charge < -0.3 is 21.3 Å². The summed E-state index contributed by atoms with van der Waals surface area (Å²) in [5, 5.41) is 11.7. The van der Waals surface area contributed by atoms with E-state index in [0.717, 1.165) is 87.2 Å². The molecule has 1 rings (SSSR count). The van der Waals surface area contributed by atoms with Gasteiger partial charge in [-0.1, -0.05) is 25.7 Å². The Bertz CT molecular complexity index is 553. The van der Waals surface area contributed by atoms with Gasteiger partial charge in [0, 0.05) is 26.2 Å². The van der Waals surface area contributed by atoms with E-state index in [-0.39, 0.29) is 23.6 Å². The van der Waals surface area contributed by atoms with Crippen LogP contribution in [-0.4, -0.2) is 95.8 Å². The molecule has 0 aromatic heterocycles. The lowest BCUT2D eigenvalue weighted by atomic mass is 10.2. The van der Waals surface area contributed by atoms with Crippen molar-refractivity contribution in [2.45, 2.75) is 64.2 Å². The molecule has 0 saturated carbocycles. The van der Waals surface area contributed by atoms with Crippen LogP contribution in [-0.2, 0) is 19.2 Å². The molecule has 8 nitrogen and oxygen atoms in total. The van der Waals surface area contributed by atoms with Crippen molar-refractivity contribution in [3.05, 3.63) is 0 Å². The zero-order chi connectivity index (χ0) is 27.5. The summed E-state index contributed by atoms with van der Waals surface area (Å²) in [5.41, 5.74) is 0. The average molecular weight is 609 g/mol. The lowest BCUT2D eigenvalue weighted by Gasteiger charge is -2.08. The highest BCUT2D eigenvalue weighted by Crippen LogP contribution is 2.12. The molecule has 1 aliphatic heterocycles. The fraction of sp³-hybridized carbons (Fsp3) is 0.846. The first-order valence-corrected chi connectivity index (χ1v) is 18.6. The molecule has 0 spiro atoms. The topological polar surface area (TPSA) is 116 Å². The van der Waals surface area contributed by atoms with Crippen molar-refractivity contribution in [2.75, 3.05) is 72.2 Å². The normalized spacial score (nSPS) is 22.1. The number of hydrogen-bond donors (Lipinski definition) is 4. The van der Waals surface area contributed by atoms with Crippen molar-refractivity contribution < 1.29 is 19.2 Å². The zero-order valence-electron chi connectivity index (χ0n) is 22.8. The molecule has 38 heavy (non-hydrogen) atoms. The Morgan fingerprint density at radius 3 is 0.816 bits per heavy atom. The largest absolute Gasteiger partial charge is 0.355 e. The van der Waals surface area contributed by atoms with Crippen molar-refractivity contribution >= 4 is 70.7 Å². The van der Waals surface area contributed by atoms with Crippen molar-refractivity contribution in [1.82, 2.24) is 21.3 Å². The predicted molar refractivity (Wildman–Crippen MR) is 168 cm³/mol. The van der Waals surface area contributed by atoms with Gasteiger partial charge in [-0.25, -0.2) is 0 Å². The summed E-state index contributed by atoms with van der Waals surface area (Å²) in [6.45, 7) is 2.36. The Hall–Kier alpha value is -0.720. The maximum absolute atomic E-state index is 11.9. The molecule has 0 aromatic rings. The predicted octanol–water partition coefficient (Wildman–Crippen LogP) is 3.30. The number of thioether (sulfide) groups is 4. The molecule has 1 fully saturated rings. The Morgan fingerprint density at radius 2 is 0.579 bits per heavy atom. The van der Waals surface area contributed by atoms with Crippen LogP contribution in [0.2, 0.25) is 0 Å². The second-order valence-electron chi connectivity index (χ2n) is 9.15. The van der Waals surface area contributed by atoms with Gasteiger partial charge >= 0.3 is 0 Å². The third-order valence-electron chi connectivity index (χ3n) is 5.58. The number of rotatable bonds is 0. The summed E-state index contributed by atoms with van der Waals surface area (Å²) in [5.74, 6) is 6.12. The van der Waals surface area contributed by atoms with Crippen LogP contribution in [0.4, 0.5) is 0 Å². The van der Waals surface area contributed by atoms with Crippen LogP contribution in [0, 0.1) is 0 Å². The van der Waals surface area contributed by atoms with Gasteiger partial charge in [-0.05, 0) is 61.5 Å². The highest BCUT2D eigenvalue weighted by Gasteiger charge is 2.05. The molecule has 0 aromatic carbocycles.